The van der Waals surface area contributed by atoms with Gasteiger partial charge in [-0.05, 0) is 29.7 Å². The number of allylic oxidation sites excluding steroid dienone is 4. The van der Waals surface area contributed by atoms with Crippen molar-refractivity contribution >= 4 is 5.91 Å². The second-order valence-electron chi connectivity index (χ2n) is 7.27. The van der Waals surface area contributed by atoms with E-state index in [1.807, 2.05) is 0 Å². The number of amides is 1. The zero-order valence-electron chi connectivity index (χ0n) is 13.7. The molecular formula is C17H29NO2. The van der Waals surface area contributed by atoms with Crippen LogP contribution in [0.15, 0.2) is 23.0 Å². The van der Waals surface area contributed by atoms with Crippen molar-refractivity contribution in [2.24, 2.45) is 23.0 Å². The lowest BCUT2D eigenvalue weighted by atomic mass is 9.76. The van der Waals surface area contributed by atoms with Crippen LogP contribution in [0.1, 0.15) is 54.4 Å². The number of hydrogen-bond acceptors (Lipinski definition) is 2. The average molecular weight is 279 g/mol. The second-order valence-corrected chi connectivity index (χ2v) is 7.27. The molecule has 1 aliphatic carbocycles. The minimum atomic E-state index is -0.417. The Kier molecular flexibility index (Phi) is 5.43. The van der Waals surface area contributed by atoms with E-state index in [0.29, 0.717) is 11.8 Å². The molecule has 0 fully saturated rings. The third-order valence-corrected chi connectivity index (χ3v) is 3.60. The quantitative estimate of drug-likeness (QED) is 0.832. The van der Waals surface area contributed by atoms with Crippen LogP contribution in [0.4, 0.5) is 0 Å². The highest BCUT2D eigenvalue weighted by atomic mass is 16.5. The molecule has 0 aromatic rings. The van der Waals surface area contributed by atoms with Crippen LogP contribution in [-0.2, 0) is 9.53 Å². The number of ether oxygens (including phenoxy) is 1. The van der Waals surface area contributed by atoms with Crippen LogP contribution in [0.3, 0.4) is 0 Å². The van der Waals surface area contributed by atoms with E-state index in [1.54, 1.807) is 0 Å². The molecule has 114 valence electrons. The van der Waals surface area contributed by atoms with Gasteiger partial charge in [0.2, 0.25) is 0 Å². The number of carbonyl (C=O) groups is 1. The Morgan fingerprint density at radius 3 is 2.50 bits per heavy atom. The van der Waals surface area contributed by atoms with Crippen LogP contribution in [0, 0.1) is 17.3 Å². The topological polar surface area (TPSA) is 52.3 Å². The maximum atomic E-state index is 11.0. The summed E-state index contributed by atoms with van der Waals surface area (Å²) >= 11 is 0. The molecule has 0 saturated heterocycles. The largest absolute Gasteiger partial charge is 0.488 e. The fourth-order valence-corrected chi connectivity index (χ4v) is 2.59. The predicted molar refractivity (Wildman–Crippen MR) is 82.9 cm³/mol. The SMILES string of the molecule is CC(C)CC1=C(OCC(N)=O)C(C)CC(C(C)(C)C)=C1. The van der Waals surface area contributed by atoms with E-state index in [0.717, 1.165) is 18.6 Å². The van der Waals surface area contributed by atoms with Crippen LogP contribution in [-0.4, -0.2) is 12.5 Å². The summed E-state index contributed by atoms with van der Waals surface area (Å²) in [5.74, 6) is 1.40. The number of primary amides is 1. The molecule has 0 heterocycles. The van der Waals surface area contributed by atoms with Gasteiger partial charge < -0.3 is 10.5 Å². The van der Waals surface area contributed by atoms with Gasteiger partial charge in [-0.15, -0.1) is 0 Å². The minimum Gasteiger partial charge on any atom is -0.488 e. The summed E-state index contributed by atoms with van der Waals surface area (Å²) in [6.45, 7) is 13.3. The first-order valence-electron chi connectivity index (χ1n) is 7.46. The Morgan fingerprint density at radius 1 is 1.45 bits per heavy atom. The van der Waals surface area contributed by atoms with Crippen molar-refractivity contribution in [3.05, 3.63) is 23.0 Å². The van der Waals surface area contributed by atoms with Gasteiger partial charge in [-0.1, -0.05) is 53.2 Å². The number of hydrogen-bond donors (Lipinski definition) is 1. The molecule has 1 atom stereocenters. The van der Waals surface area contributed by atoms with Crippen LogP contribution < -0.4 is 5.73 Å². The van der Waals surface area contributed by atoms with Crippen molar-refractivity contribution in [1.29, 1.82) is 0 Å². The second kappa shape index (κ2) is 6.47. The lowest BCUT2D eigenvalue weighted by Crippen LogP contribution is -2.23. The molecule has 20 heavy (non-hydrogen) atoms. The first-order valence-corrected chi connectivity index (χ1v) is 7.46. The molecule has 0 spiro atoms. The first-order chi connectivity index (χ1) is 9.11. The molecule has 0 bridgehead atoms. The van der Waals surface area contributed by atoms with Gasteiger partial charge in [0.25, 0.3) is 5.91 Å². The predicted octanol–water partition coefficient (Wildman–Crippen LogP) is 3.80. The van der Waals surface area contributed by atoms with E-state index in [9.17, 15) is 4.79 Å². The summed E-state index contributed by atoms with van der Waals surface area (Å²) in [6, 6.07) is 0. The van der Waals surface area contributed by atoms with Crippen molar-refractivity contribution in [1.82, 2.24) is 0 Å². The maximum Gasteiger partial charge on any atom is 0.255 e. The van der Waals surface area contributed by atoms with E-state index in [-0.39, 0.29) is 12.0 Å². The lowest BCUT2D eigenvalue weighted by molar-refractivity contribution is -0.121. The monoisotopic (exact) mass is 279 g/mol. The van der Waals surface area contributed by atoms with Crippen LogP contribution in [0.2, 0.25) is 0 Å². The van der Waals surface area contributed by atoms with Crippen molar-refractivity contribution in [2.75, 3.05) is 6.61 Å². The highest BCUT2D eigenvalue weighted by Crippen LogP contribution is 2.40. The molecule has 3 nitrogen and oxygen atoms in total. The normalized spacial score (nSPS) is 20.1. The van der Waals surface area contributed by atoms with Crippen LogP contribution >= 0.6 is 0 Å². The first kappa shape index (κ1) is 16.8. The molecule has 3 heteroatoms. The summed E-state index contributed by atoms with van der Waals surface area (Å²) in [7, 11) is 0. The van der Waals surface area contributed by atoms with Gasteiger partial charge in [0, 0.05) is 5.92 Å². The molecule has 1 rings (SSSR count). The van der Waals surface area contributed by atoms with Crippen LogP contribution in [0.25, 0.3) is 0 Å². The summed E-state index contributed by atoms with van der Waals surface area (Å²) in [5.41, 5.74) is 8.05. The number of rotatable bonds is 5. The minimum absolute atomic E-state index is 0.0278. The van der Waals surface area contributed by atoms with Gasteiger partial charge in [-0.25, -0.2) is 0 Å². The molecule has 0 saturated carbocycles. The van der Waals surface area contributed by atoms with Gasteiger partial charge in [0.15, 0.2) is 6.61 Å². The van der Waals surface area contributed by atoms with E-state index < -0.39 is 5.91 Å². The molecule has 1 aliphatic rings. The van der Waals surface area contributed by atoms with Gasteiger partial charge >= 0.3 is 0 Å². The maximum absolute atomic E-state index is 11.0. The standard InChI is InChI=1S/C17H29NO2/c1-11(2)7-13-9-14(17(4,5)6)8-12(3)16(13)20-10-15(18)19/h9,11-12H,7-8,10H2,1-6H3,(H2,18,19). The highest BCUT2D eigenvalue weighted by molar-refractivity contribution is 5.75. The molecule has 1 amide bonds. The molecule has 0 aromatic heterocycles. The van der Waals surface area contributed by atoms with E-state index in [4.69, 9.17) is 10.5 Å². The summed E-state index contributed by atoms with van der Waals surface area (Å²) in [6.07, 6.45) is 4.23. The average Bonchev–Trinajstić information content (AvgIpc) is 2.24. The molecule has 0 aromatic carbocycles. The van der Waals surface area contributed by atoms with Crippen molar-refractivity contribution in [2.45, 2.75) is 54.4 Å². The Bertz CT molecular complexity index is 425. The van der Waals surface area contributed by atoms with E-state index >= 15 is 0 Å². The third-order valence-electron chi connectivity index (χ3n) is 3.60. The van der Waals surface area contributed by atoms with Gasteiger partial charge in [-0.2, -0.15) is 0 Å². The summed E-state index contributed by atoms with van der Waals surface area (Å²) in [4.78, 5) is 11.0. The molecule has 1 unspecified atom stereocenters. The number of carbonyl (C=O) groups excluding carboxylic acids is 1. The van der Waals surface area contributed by atoms with E-state index in [1.165, 1.54) is 11.1 Å². The number of nitrogens with two attached hydrogens (primary N) is 1. The lowest BCUT2D eigenvalue weighted by Gasteiger charge is -2.32. The van der Waals surface area contributed by atoms with Gasteiger partial charge in [0.05, 0.1) is 0 Å². The molecule has 0 aliphatic heterocycles. The Morgan fingerprint density at radius 2 is 2.05 bits per heavy atom. The Hall–Kier alpha value is -1.25. The Labute approximate surface area is 123 Å². The van der Waals surface area contributed by atoms with E-state index in [2.05, 4.69) is 47.6 Å². The van der Waals surface area contributed by atoms with Gasteiger partial charge in [-0.3, -0.25) is 4.79 Å². The highest BCUT2D eigenvalue weighted by Gasteiger charge is 2.28. The zero-order chi connectivity index (χ0) is 15.5. The fourth-order valence-electron chi connectivity index (χ4n) is 2.59. The molecule has 2 N–H and O–H groups in total. The summed E-state index contributed by atoms with van der Waals surface area (Å²) in [5, 5.41) is 0. The van der Waals surface area contributed by atoms with Crippen LogP contribution in [0.5, 0.6) is 0 Å². The molecular weight excluding hydrogens is 250 g/mol. The Balaban J connectivity index is 3.10. The van der Waals surface area contributed by atoms with Gasteiger partial charge in [0.1, 0.15) is 5.76 Å². The van der Waals surface area contributed by atoms with Crippen molar-refractivity contribution in [3.8, 4) is 0 Å². The smallest absolute Gasteiger partial charge is 0.255 e. The fraction of sp³-hybridized carbons (Fsp3) is 0.706. The third kappa shape index (κ3) is 4.69. The summed E-state index contributed by atoms with van der Waals surface area (Å²) < 4.78 is 5.69. The zero-order valence-corrected chi connectivity index (χ0v) is 13.7. The van der Waals surface area contributed by atoms with Crippen molar-refractivity contribution in [3.63, 3.8) is 0 Å². The molecule has 0 radical (unpaired) electrons. The van der Waals surface area contributed by atoms with Crippen molar-refractivity contribution < 1.29 is 9.53 Å².